The molecule has 0 amide bonds. The largest absolute Gasteiger partial charge is 0.371 e. The minimum absolute atomic E-state index is 0.0703. The molecule has 0 aromatic carbocycles. The molecule has 0 spiro atoms. The van der Waals surface area contributed by atoms with E-state index in [1.165, 1.54) is 0 Å². The summed E-state index contributed by atoms with van der Waals surface area (Å²) in [4.78, 5) is 25.3. The standard InChI is InChI=1S/C15H14N4O2S/c20-15-11-3-4-16-6-12(11)17-9-19(15)7-10-8-22-14(18-10)13-2-1-5-21-13/h3-4,6,8-9,13H,1-2,5,7H2/t13-/m1/s1. The SMILES string of the molecule is O=c1c2ccncc2ncn1Cc1csc([C@H]2CCCO2)n1. The minimum atomic E-state index is -0.0703. The third-order valence-electron chi connectivity index (χ3n) is 3.73. The van der Waals surface area contributed by atoms with Gasteiger partial charge in [-0.1, -0.05) is 0 Å². The van der Waals surface area contributed by atoms with Gasteiger partial charge in [0.1, 0.15) is 11.1 Å². The third-order valence-corrected chi connectivity index (χ3v) is 4.72. The Labute approximate surface area is 130 Å². The van der Waals surface area contributed by atoms with Crippen LogP contribution >= 0.6 is 11.3 Å². The summed E-state index contributed by atoms with van der Waals surface area (Å²) in [5, 5.41) is 3.56. The number of pyridine rings is 1. The Morgan fingerprint density at radius 3 is 3.27 bits per heavy atom. The van der Waals surface area contributed by atoms with Crippen molar-refractivity contribution >= 4 is 22.2 Å². The van der Waals surface area contributed by atoms with Crippen molar-refractivity contribution < 1.29 is 4.74 Å². The first-order chi connectivity index (χ1) is 10.8. The molecule has 0 bridgehead atoms. The zero-order chi connectivity index (χ0) is 14.9. The fourth-order valence-electron chi connectivity index (χ4n) is 2.61. The molecular formula is C15H14N4O2S. The number of thiazole rings is 1. The van der Waals surface area contributed by atoms with E-state index in [2.05, 4.69) is 15.0 Å². The normalized spacial score (nSPS) is 18.1. The van der Waals surface area contributed by atoms with Crippen molar-refractivity contribution in [3.63, 3.8) is 0 Å². The van der Waals surface area contributed by atoms with Crippen molar-refractivity contribution in [2.45, 2.75) is 25.5 Å². The lowest BCUT2D eigenvalue weighted by atomic mass is 10.2. The molecule has 1 aliphatic heterocycles. The molecule has 0 radical (unpaired) electrons. The van der Waals surface area contributed by atoms with Crippen LogP contribution in [-0.2, 0) is 11.3 Å². The Balaban J connectivity index is 1.63. The van der Waals surface area contributed by atoms with Gasteiger partial charge in [-0.25, -0.2) is 9.97 Å². The van der Waals surface area contributed by atoms with Gasteiger partial charge in [-0.15, -0.1) is 11.3 Å². The van der Waals surface area contributed by atoms with Crippen molar-refractivity contribution in [3.05, 3.63) is 51.2 Å². The molecule has 0 unspecified atom stereocenters. The summed E-state index contributed by atoms with van der Waals surface area (Å²) in [6.45, 7) is 1.23. The Kier molecular flexibility index (Phi) is 3.44. The third kappa shape index (κ3) is 2.42. The predicted molar refractivity (Wildman–Crippen MR) is 82.9 cm³/mol. The van der Waals surface area contributed by atoms with Gasteiger partial charge in [-0.2, -0.15) is 0 Å². The average molecular weight is 314 g/mol. The second kappa shape index (κ2) is 5.58. The van der Waals surface area contributed by atoms with Crippen LogP contribution in [0, 0.1) is 0 Å². The maximum Gasteiger partial charge on any atom is 0.261 e. The summed E-state index contributed by atoms with van der Waals surface area (Å²) < 4.78 is 7.22. The number of ether oxygens (including phenoxy) is 1. The Hall–Kier alpha value is -2.12. The van der Waals surface area contributed by atoms with Crippen LogP contribution in [0.2, 0.25) is 0 Å². The molecule has 1 saturated heterocycles. The van der Waals surface area contributed by atoms with Gasteiger partial charge in [0.15, 0.2) is 0 Å². The maximum absolute atomic E-state index is 12.4. The fourth-order valence-corrected chi connectivity index (χ4v) is 3.50. The summed E-state index contributed by atoms with van der Waals surface area (Å²) in [7, 11) is 0. The molecule has 0 saturated carbocycles. The van der Waals surface area contributed by atoms with Gasteiger partial charge in [0.2, 0.25) is 0 Å². The van der Waals surface area contributed by atoms with Gasteiger partial charge < -0.3 is 4.74 Å². The molecule has 4 heterocycles. The summed E-state index contributed by atoms with van der Waals surface area (Å²) in [6, 6.07) is 1.69. The van der Waals surface area contributed by atoms with E-state index in [1.807, 2.05) is 5.38 Å². The van der Waals surface area contributed by atoms with Crippen molar-refractivity contribution in [3.8, 4) is 0 Å². The minimum Gasteiger partial charge on any atom is -0.371 e. The highest BCUT2D eigenvalue weighted by Crippen LogP contribution is 2.30. The van der Waals surface area contributed by atoms with E-state index in [0.29, 0.717) is 17.4 Å². The lowest BCUT2D eigenvalue weighted by Gasteiger charge is -2.05. The summed E-state index contributed by atoms with van der Waals surface area (Å²) in [6.07, 6.45) is 6.99. The molecule has 112 valence electrons. The predicted octanol–water partition coefficient (Wildman–Crippen LogP) is 2.15. The van der Waals surface area contributed by atoms with Crippen molar-refractivity contribution in [1.29, 1.82) is 0 Å². The first-order valence-electron chi connectivity index (χ1n) is 7.16. The first-order valence-corrected chi connectivity index (χ1v) is 8.04. The van der Waals surface area contributed by atoms with Crippen molar-refractivity contribution in [2.75, 3.05) is 6.61 Å². The van der Waals surface area contributed by atoms with E-state index in [0.717, 1.165) is 30.2 Å². The number of aromatic nitrogens is 4. The van der Waals surface area contributed by atoms with Gasteiger partial charge in [0.25, 0.3) is 5.56 Å². The molecule has 22 heavy (non-hydrogen) atoms. The molecule has 0 N–H and O–H groups in total. The number of rotatable bonds is 3. The zero-order valence-corrected chi connectivity index (χ0v) is 12.6. The monoisotopic (exact) mass is 314 g/mol. The zero-order valence-electron chi connectivity index (χ0n) is 11.8. The number of hydrogen-bond acceptors (Lipinski definition) is 6. The van der Waals surface area contributed by atoms with Gasteiger partial charge in [0.05, 0.1) is 35.7 Å². The van der Waals surface area contributed by atoms with Crippen LogP contribution in [0.15, 0.2) is 35.0 Å². The summed E-state index contributed by atoms with van der Waals surface area (Å²) >= 11 is 1.59. The lowest BCUT2D eigenvalue weighted by Crippen LogP contribution is -2.21. The number of fused-ring (bicyclic) bond motifs is 1. The van der Waals surface area contributed by atoms with E-state index in [4.69, 9.17) is 4.74 Å². The lowest BCUT2D eigenvalue weighted by molar-refractivity contribution is 0.111. The van der Waals surface area contributed by atoms with Gasteiger partial charge in [-0.05, 0) is 18.9 Å². The highest BCUT2D eigenvalue weighted by Gasteiger charge is 2.21. The molecule has 1 fully saturated rings. The van der Waals surface area contributed by atoms with Crippen LogP contribution in [-0.4, -0.2) is 26.1 Å². The van der Waals surface area contributed by atoms with E-state index in [-0.39, 0.29) is 11.7 Å². The quantitative estimate of drug-likeness (QED) is 0.741. The molecule has 1 aliphatic rings. The molecule has 1 atom stereocenters. The van der Waals surface area contributed by atoms with E-state index in [1.54, 1.807) is 40.7 Å². The molecule has 3 aromatic rings. The number of hydrogen-bond donors (Lipinski definition) is 0. The number of nitrogens with zero attached hydrogens (tertiary/aromatic N) is 4. The van der Waals surface area contributed by atoms with E-state index < -0.39 is 0 Å². The second-order valence-electron chi connectivity index (χ2n) is 5.25. The Morgan fingerprint density at radius 2 is 2.41 bits per heavy atom. The van der Waals surface area contributed by atoms with Crippen LogP contribution in [0.25, 0.3) is 10.9 Å². The highest BCUT2D eigenvalue weighted by molar-refractivity contribution is 7.09. The van der Waals surface area contributed by atoms with E-state index in [9.17, 15) is 4.79 Å². The molecular weight excluding hydrogens is 300 g/mol. The Bertz CT molecular complexity index is 867. The van der Waals surface area contributed by atoms with Gasteiger partial charge in [0, 0.05) is 18.2 Å². The fraction of sp³-hybridized carbons (Fsp3) is 0.333. The summed E-state index contributed by atoms with van der Waals surface area (Å²) in [5.41, 5.74) is 1.41. The molecule has 7 heteroatoms. The Morgan fingerprint density at radius 1 is 1.45 bits per heavy atom. The smallest absolute Gasteiger partial charge is 0.261 e. The van der Waals surface area contributed by atoms with Crippen LogP contribution < -0.4 is 5.56 Å². The van der Waals surface area contributed by atoms with Crippen LogP contribution in [0.5, 0.6) is 0 Å². The molecule has 0 aliphatic carbocycles. The highest BCUT2D eigenvalue weighted by atomic mass is 32.1. The summed E-state index contributed by atoms with van der Waals surface area (Å²) in [5.74, 6) is 0. The van der Waals surface area contributed by atoms with Gasteiger partial charge in [-0.3, -0.25) is 14.3 Å². The van der Waals surface area contributed by atoms with Crippen molar-refractivity contribution in [1.82, 2.24) is 19.5 Å². The van der Waals surface area contributed by atoms with E-state index >= 15 is 0 Å². The maximum atomic E-state index is 12.4. The molecule has 4 rings (SSSR count). The van der Waals surface area contributed by atoms with Crippen LogP contribution in [0.4, 0.5) is 0 Å². The first kappa shape index (κ1) is 13.5. The second-order valence-corrected chi connectivity index (χ2v) is 6.14. The topological polar surface area (TPSA) is 69.9 Å². The average Bonchev–Trinajstić information content (AvgIpc) is 3.21. The van der Waals surface area contributed by atoms with Gasteiger partial charge >= 0.3 is 0 Å². The van der Waals surface area contributed by atoms with Crippen LogP contribution in [0.3, 0.4) is 0 Å². The van der Waals surface area contributed by atoms with Crippen LogP contribution in [0.1, 0.15) is 29.6 Å². The molecule has 3 aromatic heterocycles. The molecule has 6 nitrogen and oxygen atoms in total. The van der Waals surface area contributed by atoms with Crippen molar-refractivity contribution in [2.24, 2.45) is 0 Å².